The Hall–Kier alpha value is -3.54. The van der Waals surface area contributed by atoms with Crippen LogP contribution in [0.1, 0.15) is 11.3 Å². The van der Waals surface area contributed by atoms with Crippen molar-refractivity contribution >= 4 is 33.4 Å². The van der Waals surface area contributed by atoms with Gasteiger partial charge in [-0.25, -0.2) is 14.4 Å². The maximum atomic E-state index is 14.1. The summed E-state index contributed by atoms with van der Waals surface area (Å²) in [5.74, 6) is -0.188. The monoisotopic (exact) mass is 343 g/mol. The van der Waals surface area contributed by atoms with Crippen LogP contribution in [0.3, 0.4) is 0 Å². The molecule has 5 rings (SSSR count). The van der Waals surface area contributed by atoms with E-state index in [1.807, 2.05) is 36.5 Å². The third-order valence-electron chi connectivity index (χ3n) is 4.54. The number of fused-ring (bicyclic) bond motifs is 4. The maximum absolute atomic E-state index is 14.1. The highest BCUT2D eigenvalue weighted by Gasteiger charge is 2.13. The van der Waals surface area contributed by atoms with Crippen molar-refractivity contribution in [3.63, 3.8) is 0 Å². The van der Waals surface area contributed by atoms with Crippen molar-refractivity contribution in [3.05, 3.63) is 78.0 Å². The summed E-state index contributed by atoms with van der Waals surface area (Å²) in [5, 5.41) is 1.73. The number of anilines is 1. The summed E-state index contributed by atoms with van der Waals surface area (Å²) in [7, 11) is 0. The lowest BCUT2D eigenvalue weighted by molar-refractivity contribution is 0.636. The summed E-state index contributed by atoms with van der Waals surface area (Å²) in [6.07, 6.45) is 4.24. The Morgan fingerprint density at radius 2 is 1.81 bits per heavy atom. The molecule has 0 aliphatic heterocycles. The Kier molecular flexibility index (Phi) is 3.12. The van der Waals surface area contributed by atoms with Gasteiger partial charge in [-0.15, -0.1) is 0 Å². The first kappa shape index (κ1) is 14.8. The lowest BCUT2D eigenvalue weighted by Crippen LogP contribution is -2.01. The molecule has 2 N–H and O–H groups in total. The molecule has 3 aromatic heterocycles. The fourth-order valence-corrected chi connectivity index (χ4v) is 3.36. The summed E-state index contributed by atoms with van der Waals surface area (Å²) in [5.41, 5.74) is 9.72. The minimum atomic E-state index is -0.403. The van der Waals surface area contributed by atoms with E-state index in [0.29, 0.717) is 17.5 Å². The molecule has 126 valence electrons. The van der Waals surface area contributed by atoms with Crippen LogP contribution >= 0.6 is 0 Å². The molecular formula is C20H14FN5. The predicted octanol–water partition coefficient (Wildman–Crippen LogP) is 3.74. The van der Waals surface area contributed by atoms with Crippen LogP contribution in [0.2, 0.25) is 0 Å². The van der Waals surface area contributed by atoms with Crippen molar-refractivity contribution in [1.29, 1.82) is 0 Å². The number of hydrogen-bond donors (Lipinski definition) is 1. The second kappa shape index (κ2) is 5.49. The highest BCUT2D eigenvalue weighted by Crippen LogP contribution is 2.25. The van der Waals surface area contributed by atoms with Gasteiger partial charge in [0.25, 0.3) is 0 Å². The average molecular weight is 343 g/mol. The lowest BCUT2D eigenvalue weighted by atomic mass is 10.1. The smallest absolute Gasteiger partial charge is 0.206 e. The number of pyridine rings is 1. The van der Waals surface area contributed by atoms with Crippen LogP contribution in [0, 0.1) is 5.82 Å². The fraction of sp³-hybridized carbons (Fsp3) is 0.0500. The highest BCUT2D eigenvalue weighted by atomic mass is 19.1. The van der Waals surface area contributed by atoms with Gasteiger partial charge in [-0.05, 0) is 23.8 Å². The van der Waals surface area contributed by atoms with Crippen molar-refractivity contribution in [2.24, 2.45) is 0 Å². The number of halogens is 1. The largest absolute Gasteiger partial charge is 0.369 e. The number of hydrogen-bond acceptors (Lipinski definition) is 4. The minimum Gasteiger partial charge on any atom is -0.369 e. The number of aromatic nitrogens is 4. The van der Waals surface area contributed by atoms with E-state index in [1.165, 1.54) is 6.07 Å². The molecule has 3 heterocycles. The van der Waals surface area contributed by atoms with Gasteiger partial charge in [-0.2, -0.15) is 0 Å². The van der Waals surface area contributed by atoms with Crippen LogP contribution in [0.4, 0.5) is 10.3 Å². The molecule has 0 radical (unpaired) electrons. The molecule has 6 heteroatoms. The molecular weight excluding hydrogens is 329 g/mol. The third kappa shape index (κ3) is 2.19. The summed E-state index contributed by atoms with van der Waals surface area (Å²) in [4.78, 5) is 13.4. The summed E-state index contributed by atoms with van der Waals surface area (Å²) >= 11 is 0. The zero-order valence-corrected chi connectivity index (χ0v) is 13.7. The number of para-hydroxylation sites is 2. The van der Waals surface area contributed by atoms with E-state index >= 15 is 0 Å². The average Bonchev–Trinajstić information content (AvgIpc) is 3.08. The molecule has 5 aromatic rings. The van der Waals surface area contributed by atoms with Gasteiger partial charge >= 0.3 is 0 Å². The molecule has 5 nitrogen and oxygen atoms in total. The number of nitrogens with zero attached hydrogens (tertiary/aromatic N) is 4. The lowest BCUT2D eigenvalue weighted by Gasteiger charge is -2.03. The van der Waals surface area contributed by atoms with Crippen LogP contribution in [-0.4, -0.2) is 19.4 Å². The number of benzene rings is 2. The predicted molar refractivity (Wildman–Crippen MR) is 99.4 cm³/mol. The molecule has 0 aliphatic carbocycles. The van der Waals surface area contributed by atoms with E-state index in [-0.39, 0.29) is 11.5 Å². The second-order valence-electron chi connectivity index (χ2n) is 6.20. The number of nitrogens with two attached hydrogens (primary N) is 1. The number of nitrogen functional groups attached to an aromatic ring is 1. The van der Waals surface area contributed by atoms with E-state index < -0.39 is 5.82 Å². The van der Waals surface area contributed by atoms with Gasteiger partial charge in [0.05, 0.1) is 11.2 Å². The molecule has 2 aromatic carbocycles. The minimum absolute atomic E-state index is 0.215. The molecule has 0 saturated heterocycles. The van der Waals surface area contributed by atoms with E-state index in [9.17, 15) is 4.39 Å². The third-order valence-corrected chi connectivity index (χ3v) is 4.54. The first-order valence-corrected chi connectivity index (χ1v) is 8.25. The molecule has 0 atom stereocenters. The first-order valence-electron chi connectivity index (χ1n) is 8.25. The van der Waals surface area contributed by atoms with Crippen molar-refractivity contribution in [2.45, 2.75) is 6.42 Å². The van der Waals surface area contributed by atoms with Gasteiger partial charge < -0.3 is 5.73 Å². The Morgan fingerprint density at radius 1 is 0.962 bits per heavy atom. The van der Waals surface area contributed by atoms with Crippen molar-refractivity contribution in [1.82, 2.24) is 19.4 Å². The Labute approximate surface area is 147 Å². The molecule has 0 aliphatic rings. The Bertz CT molecular complexity index is 1290. The van der Waals surface area contributed by atoms with Crippen molar-refractivity contribution in [2.75, 3.05) is 5.73 Å². The number of rotatable bonds is 2. The maximum Gasteiger partial charge on any atom is 0.206 e. The molecule has 0 fully saturated rings. The molecule has 0 saturated carbocycles. The van der Waals surface area contributed by atoms with Gasteiger partial charge in [0.2, 0.25) is 5.95 Å². The topological polar surface area (TPSA) is 69.1 Å². The van der Waals surface area contributed by atoms with Gasteiger partial charge in [0.15, 0.2) is 0 Å². The van der Waals surface area contributed by atoms with Crippen LogP contribution in [-0.2, 0) is 6.42 Å². The van der Waals surface area contributed by atoms with E-state index in [1.54, 1.807) is 22.7 Å². The van der Waals surface area contributed by atoms with Crippen LogP contribution in [0.5, 0.6) is 0 Å². The normalized spacial score (nSPS) is 11.6. The van der Waals surface area contributed by atoms with Crippen LogP contribution in [0.15, 0.2) is 60.9 Å². The SMILES string of the molecule is Nc1nc2c(F)cccc2c2nc(Cc3cccc4cccnc34)cn12. The molecule has 0 bridgehead atoms. The quantitative estimate of drug-likeness (QED) is 0.530. The summed E-state index contributed by atoms with van der Waals surface area (Å²) < 4.78 is 15.8. The van der Waals surface area contributed by atoms with Gasteiger partial charge in [0, 0.05) is 29.6 Å². The summed E-state index contributed by atoms with van der Waals surface area (Å²) in [6.45, 7) is 0. The van der Waals surface area contributed by atoms with Crippen molar-refractivity contribution in [3.8, 4) is 0 Å². The highest BCUT2D eigenvalue weighted by molar-refractivity contribution is 5.93. The standard InChI is InChI=1S/C20H14FN5/c21-16-8-2-7-15-18(16)25-20(22)26-11-14(24-19(15)26)10-13-5-1-4-12-6-3-9-23-17(12)13/h1-9,11H,10H2,(H2,22,25). The van der Waals surface area contributed by atoms with Gasteiger partial charge in [0.1, 0.15) is 17.0 Å². The van der Waals surface area contributed by atoms with Gasteiger partial charge in [-0.3, -0.25) is 9.38 Å². The molecule has 26 heavy (non-hydrogen) atoms. The zero-order valence-electron chi connectivity index (χ0n) is 13.7. The first-order chi connectivity index (χ1) is 12.7. The van der Waals surface area contributed by atoms with Crippen LogP contribution in [0.25, 0.3) is 27.5 Å². The van der Waals surface area contributed by atoms with E-state index in [0.717, 1.165) is 22.2 Å². The Morgan fingerprint density at radius 3 is 2.73 bits per heavy atom. The second-order valence-corrected chi connectivity index (χ2v) is 6.20. The fourth-order valence-electron chi connectivity index (χ4n) is 3.36. The number of imidazole rings is 1. The van der Waals surface area contributed by atoms with Crippen molar-refractivity contribution < 1.29 is 4.39 Å². The Balaban J connectivity index is 1.69. The summed E-state index contributed by atoms with van der Waals surface area (Å²) in [6, 6.07) is 14.9. The van der Waals surface area contributed by atoms with E-state index in [4.69, 9.17) is 10.7 Å². The van der Waals surface area contributed by atoms with Crippen LogP contribution < -0.4 is 5.73 Å². The molecule has 0 amide bonds. The zero-order chi connectivity index (χ0) is 17.7. The van der Waals surface area contributed by atoms with E-state index in [2.05, 4.69) is 9.97 Å². The molecule has 0 unspecified atom stereocenters. The van der Waals surface area contributed by atoms with Gasteiger partial charge in [-0.1, -0.05) is 30.3 Å². The molecule has 0 spiro atoms.